The lowest BCUT2D eigenvalue weighted by molar-refractivity contribution is -0.122. The third-order valence-corrected chi connectivity index (χ3v) is 1.43. The standard InChI is InChI=1S/C8H16N2O2/c1-3-4-8(12)10-6-5-7(11)9-2/h3-6H2,1-2H3,(H,9,11)(H,10,12). The van der Waals surface area contributed by atoms with Crippen LogP contribution >= 0.6 is 0 Å². The summed E-state index contributed by atoms with van der Waals surface area (Å²) in [5.41, 5.74) is 0. The van der Waals surface area contributed by atoms with Crippen molar-refractivity contribution in [2.75, 3.05) is 13.6 Å². The maximum absolute atomic E-state index is 10.9. The van der Waals surface area contributed by atoms with Gasteiger partial charge in [0.05, 0.1) is 0 Å². The van der Waals surface area contributed by atoms with Crippen molar-refractivity contribution < 1.29 is 9.59 Å². The molecule has 0 aliphatic rings. The molecular weight excluding hydrogens is 156 g/mol. The van der Waals surface area contributed by atoms with Crippen LogP contribution in [0.15, 0.2) is 0 Å². The first kappa shape index (κ1) is 10.9. The average molecular weight is 172 g/mol. The van der Waals surface area contributed by atoms with E-state index in [4.69, 9.17) is 0 Å². The van der Waals surface area contributed by atoms with Gasteiger partial charge < -0.3 is 10.6 Å². The van der Waals surface area contributed by atoms with E-state index in [2.05, 4.69) is 10.6 Å². The van der Waals surface area contributed by atoms with Crippen LogP contribution in [0.5, 0.6) is 0 Å². The van der Waals surface area contributed by atoms with Gasteiger partial charge in [-0.3, -0.25) is 9.59 Å². The maximum atomic E-state index is 10.9. The first-order valence-corrected chi connectivity index (χ1v) is 4.18. The molecule has 0 fully saturated rings. The van der Waals surface area contributed by atoms with E-state index < -0.39 is 0 Å². The molecule has 0 saturated carbocycles. The molecule has 0 saturated heterocycles. The Bertz CT molecular complexity index is 157. The van der Waals surface area contributed by atoms with Crippen molar-refractivity contribution in [3.63, 3.8) is 0 Å². The third-order valence-electron chi connectivity index (χ3n) is 1.43. The highest BCUT2D eigenvalue weighted by molar-refractivity contribution is 5.78. The molecule has 0 rings (SSSR count). The fourth-order valence-corrected chi connectivity index (χ4v) is 0.756. The van der Waals surface area contributed by atoms with E-state index in [-0.39, 0.29) is 11.8 Å². The molecule has 70 valence electrons. The fourth-order valence-electron chi connectivity index (χ4n) is 0.756. The molecule has 0 heterocycles. The van der Waals surface area contributed by atoms with Gasteiger partial charge in [0.1, 0.15) is 0 Å². The number of hydrogen-bond acceptors (Lipinski definition) is 2. The van der Waals surface area contributed by atoms with Gasteiger partial charge in [0.2, 0.25) is 11.8 Å². The van der Waals surface area contributed by atoms with E-state index in [1.165, 1.54) is 0 Å². The Labute approximate surface area is 72.7 Å². The molecule has 0 aromatic rings. The van der Waals surface area contributed by atoms with E-state index >= 15 is 0 Å². The summed E-state index contributed by atoms with van der Waals surface area (Å²) >= 11 is 0. The molecule has 0 aliphatic carbocycles. The Morgan fingerprint density at radius 2 is 1.83 bits per heavy atom. The maximum Gasteiger partial charge on any atom is 0.221 e. The van der Waals surface area contributed by atoms with E-state index in [1.807, 2.05) is 6.92 Å². The number of carbonyl (C=O) groups is 2. The lowest BCUT2D eigenvalue weighted by atomic mass is 10.3. The summed E-state index contributed by atoms with van der Waals surface area (Å²) in [6.45, 7) is 2.37. The number of amides is 2. The van der Waals surface area contributed by atoms with Crippen molar-refractivity contribution in [1.29, 1.82) is 0 Å². The minimum atomic E-state index is -0.0493. The van der Waals surface area contributed by atoms with Gasteiger partial charge in [-0.15, -0.1) is 0 Å². The van der Waals surface area contributed by atoms with Crippen molar-refractivity contribution in [3.05, 3.63) is 0 Å². The number of nitrogens with one attached hydrogen (secondary N) is 2. The predicted molar refractivity (Wildman–Crippen MR) is 46.6 cm³/mol. The van der Waals surface area contributed by atoms with Gasteiger partial charge in [-0.05, 0) is 6.42 Å². The van der Waals surface area contributed by atoms with Crippen molar-refractivity contribution >= 4 is 11.8 Å². The topological polar surface area (TPSA) is 58.2 Å². The quantitative estimate of drug-likeness (QED) is 0.615. The van der Waals surface area contributed by atoms with Crippen LogP contribution in [0.4, 0.5) is 0 Å². The van der Waals surface area contributed by atoms with Crippen LogP contribution < -0.4 is 10.6 Å². The lowest BCUT2D eigenvalue weighted by Crippen LogP contribution is -2.28. The lowest BCUT2D eigenvalue weighted by Gasteiger charge is -2.02. The molecule has 0 spiro atoms. The molecular formula is C8H16N2O2. The van der Waals surface area contributed by atoms with E-state index in [9.17, 15) is 9.59 Å². The van der Waals surface area contributed by atoms with Crippen LogP contribution in [-0.2, 0) is 9.59 Å². The molecule has 0 aliphatic heterocycles. The number of hydrogen-bond donors (Lipinski definition) is 2. The molecule has 0 aromatic heterocycles. The third kappa shape index (κ3) is 5.70. The largest absolute Gasteiger partial charge is 0.359 e. The molecule has 0 unspecified atom stereocenters. The first-order valence-electron chi connectivity index (χ1n) is 4.18. The second kappa shape index (κ2) is 6.64. The van der Waals surface area contributed by atoms with Crippen molar-refractivity contribution in [1.82, 2.24) is 10.6 Å². The van der Waals surface area contributed by atoms with Gasteiger partial charge in [0.15, 0.2) is 0 Å². The summed E-state index contributed by atoms with van der Waals surface area (Å²) in [6.07, 6.45) is 1.73. The van der Waals surface area contributed by atoms with Gasteiger partial charge in [-0.25, -0.2) is 0 Å². The van der Waals surface area contributed by atoms with Gasteiger partial charge >= 0.3 is 0 Å². The van der Waals surface area contributed by atoms with Crippen molar-refractivity contribution in [2.24, 2.45) is 0 Å². The molecule has 0 radical (unpaired) electrons. The molecule has 0 bridgehead atoms. The second-order valence-corrected chi connectivity index (χ2v) is 2.52. The van der Waals surface area contributed by atoms with Crippen LogP contribution in [0.1, 0.15) is 26.2 Å². The highest BCUT2D eigenvalue weighted by atomic mass is 16.2. The monoisotopic (exact) mass is 172 g/mol. The van der Waals surface area contributed by atoms with Crippen molar-refractivity contribution in [2.45, 2.75) is 26.2 Å². The molecule has 2 amide bonds. The van der Waals surface area contributed by atoms with E-state index in [0.29, 0.717) is 19.4 Å². The Balaban J connectivity index is 3.30. The Kier molecular flexibility index (Phi) is 6.05. The van der Waals surface area contributed by atoms with Gasteiger partial charge in [0, 0.05) is 26.4 Å². The summed E-state index contributed by atoms with van der Waals surface area (Å²) in [5.74, 6) is -0.0341. The Morgan fingerprint density at radius 3 is 2.33 bits per heavy atom. The molecule has 4 nitrogen and oxygen atoms in total. The highest BCUT2D eigenvalue weighted by Gasteiger charge is 2.00. The highest BCUT2D eigenvalue weighted by Crippen LogP contribution is 1.85. The predicted octanol–water partition coefficient (Wildman–Crippen LogP) is 0.0388. The van der Waals surface area contributed by atoms with Crippen LogP contribution in [0, 0.1) is 0 Å². The van der Waals surface area contributed by atoms with Gasteiger partial charge in [-0.2, -0.15) is 0 Å². The average Bonchev–Trinajstić information content (AvgIpc) is 2.04. The Hall–Kier alpha value is -1.06. The SMILES string of the molecule is CCCC(=O)NCCC(=O)NC. The first-order chi connectivity index (χ1) is 5.70. The molecule has 0 atom stereocenters. The summed E-state index contributed by atoms with van der Waals surface area (Å²) in [7, 11) is 1.58. The smallest absolute Gasteiger partial charge is 0.221 e. The Morgan fingerprint density at radius 1 is 1.17 bits per heavy atom. The minimum absolute atomic E-state index is 0.0152. The van der Waals surface area contributed by atoms with Gasteiger partial charge in [-0.1, -0.05) is 6.92 Å². The normalized spacial score (nSPS) is 9.17. The number of carbonyl (C=O) groups excluding carboxylic acids is 2. The second-order valence-electron chi connectivity index (χ2n) is 2.52. The molecule has 0 aromatic carbocycles. The van der Waals surface area contributed by atoms with Crippen LogP contribution in [0.25, 0.3) is 0 Å². The summed E-state index contributed by atoms with van der Waals surface area (Å²) in [6, 6.07) is 0. The fraction of sp³-hybridized carbons (Fsp3) is 0.750. The minimum Gasteiger partial charge on any atom is -0.359 e. The number of rotatable bonds is 5. The van der Waals surface area contributed by atoms with Gasteiger partial charge in [0.25, 0.3) is 0 Å². The zero-order valence-corrected chi connectivity index (χ0v) is 7.64. The van der Waals surface area contributed by atoms with E-state index in [1.54, 1.807) is 7.05 Å². The van der Waals surface area contributed by atoms with Crippen molar-refractivity contribution in [3.8, 4) is 0 Å². The summed E-state index contributed by atoms with van der Waals surface area (Å²) in [5, 5.41) is 5.13. The summed E-state index contributed by atoms with van der Waals surface area (Å²) < 4.78 is 0. The van der Waals surface area contributed by atoms with Crippen LogP contribution in [0.3, 0.4) is 0 Å². The molecule has 4 heteroatoms. The zero-order valence-electron chi connectivity index (χ0n) is 7.64. The summed E-state index contributed by atoms with van der Waals surface area (Å²) in [4.78, 5) is 21.6. The molecule has 2 N–H and O–H groups in total. The molecule has 12 heavy (non-hydrogen) atoms. The van der Waals surface area contributed by atoms with Crippen LogP contribution in [-0.4, -0.2) is 25.4 Å². The van der Waals surface area contributed by atoms with Crippen LogP contribution in [0.2, 0.25) is 0 Å². The zero-order chi connectivity index (χ0) is 9.40. The van der Waals surface area contributed by atoms with E-state index in [0.717, 1.165) is 6.42 Å².